The molecule has 5 nitrogen and oxygen atoms in total. The van der Waals surface area contributed by atoms with Gasteiger partial charge in [0, 0.05) is 36.6 Å². The highest BCUT2D eigenvalue weighted by molar-refractivity contribution is 5.93. The summed E-state index contributed by atoms with van der Waals surface area (Å²) in [6.45, 7) is 4.65. The number of hydrogen-bond acceptors (Lipinski definition) is 5. The van der Waals surface area contributed by atoms with Crippen molar-refractivity contribution in [2.45, 2.75) is 26.6 Å². The van der Waals surface area contributed by atoms with E-state index in [1.54, 1.807) is 20.4 Å². The summed E-state index contributed by atoms with van der Waals surface area (Å²) in [6, 6.07) is 10.3. The van der Waals surface area contributed by atoms with E-state index in [-0.39, 0.29) is 6.29 Å². The lowest BCUT2D eigenvalue weighted by molar-refractivity contribution is -0.124. The highest BCUT2D eigenvalue weighted by atomic mass is 16.7. The molecule has 4 rings (SSSR count). The fourth-order valence-electron chi connectivity index (χ4n) is 4.01. The second-order valence-electron chi connectivity index (χ2n) is 7.58. The van der Waals surface area contributed by atoms with Crippen LogP contribution in [-0.2, 0) is 9.47 Å². The van der Waals surface area contributed by atoms with E-state index in [0.717, 1.165) is 45.3 Å². The van der Waals surface area contributed by atoms with Gasteiger partial charge in [-0.05, 0) is 43.5 Å². The van der Waals surface area contributed by atoms with E-state index in [1.165, 1.54) is 5.57 Å². The minimum absolute atomic E-state index is 0.382. The van der Waals surface area contributed by atoms with Crippen molar-refractivity contribution >= 4 is 16.5 Å². The van der Waals surface area contributed by atoms with Gasteiger partial charge in [0.25, 0.3) is 0 Å². The van der Waals surface area contributed by atoms with Crippen molar-refractivity contribution in [2.24, 2.45) is 0 Å². The van der Waals surface area contributed by atoms with Gasteiger partial charge in [-0.3, -0.25) is 0 Å². The number of aromatic nitrogens is 2. The summed E-state index contributed by atoms with van der Waals surface area (Å²) in [4.78, 5) is 9.45. The maximum atomic E-state index is 5.71. The number of rotatable bonds is 7. The van der Waals surface area contributed by atoms with Gasteiger partial charge < -0.3 is 14.2 Å². The number of pyridine rings is 2. The normalized spacial score (nSPS) is 14.3. The molecule has 0 amide bonds. The van der Waals surface area contributed by atoms with E-state index in [2.05, 4.69) is 60.5 Å². The zero-order chi connectivity index (χ0) is 22.5. The van der Waals surface area contributed by atoms with Crippen molar-refractivity contribution in [1.82, 2.24) is 9.97 Å². The molecule has 0 fully saturated rings. The first-order valence-electron chi connectivity index (χ1n) is 10.8. The molecule has 0 spiro atoms. The number of methoxy groups -OCH3 is 2. The number of benzene rings is 1. The molecule has 2 aromatic heterocycles. The number of allylic oxidation sites excluding steroid dienone is 6. The molecule has 1 aromatic carbocycles. The van der Waals surface area contributed by atoms with Crippen LogP contribution in [0.3, 0.4) is 0 Å². The van der Waals surface area contributed by atoms with Crippen molar-refractivity contribution in [3.8, 4) is 17.1 Å². The summed E-state index contributed by atoms with van der Waals surface area (Å²) in [7, 11) is 3.30. The van der Waals surface area contributed by atoms with Gasteiger partial charge >= 0.3 is 0 Å². The number of aryl methyl sites for hydroxylation is 1. The Balaban J connectivity index is 1.91. The quantitative estimate of drug-likeness (QED) is 0.420. The first-order valence-corrected chi connectivity index (χ1v) is 10.8. The lowest BCUT2D eigenvalue weighted by atomic mass is 9.92. The number of nitrogens with zero attached hydrogens (tertiary/aromatic N) is 2. The van der Waals surface area contributed by atoms with Crippen molar-refractivity contribution in [3.05, 3.63) is 83.6 Å². The van der Waals surface area contributed by atoms with Gasteiger partial charge in [-0.15, -0.1) is 0 Å². The average Bonchev–Trinajstić information content (AvgIpc) is 3.11. The van der Waals surface area contributed by atoms with Crippen LogP contribution in [0.25, 0.3) is 27.7 Å². The SMILES string of the molecule is CCOC(OC)c1ccc(-c2nc3ccnc(OC)c3cc2C2=CC=CC=CC2)c(C)c1. The molecule has 0 saturated heterocycles. The van der Waals surface area contributed by atoms with Gasteiger partial charge in [-0.1, -0.05) is 48.6 Å². The lowest BCUT2D eigenvalue weighted by Crippen LogP contribution is -2.07. The van der Waals surface area contributed by atoms with E-state index in [1.807, 2.05) is 19.1 Å². The Morgan fingerprint density at radius 3 is 2.66 bits per heavy atom. The van der Waals surface area contributed by atoms with Crippen LogP contribution in [0.1, 0.15) is 36.3 Å². The van der Waals surface area contributed by atoms with Crippen molar-refractivity contribution < 1.29 is 14.2 Å². The van der Waals surface area contributed by atoms with E-state index in [4.69, 9.17) is 19.2 Å². The van der Waals surface area contributed by atoms with Crippen LogP contribution in [0.4, 0.5) is 0 Å². The molecule has 0 N–H and O–H groups in total. The van der Waals surface area contributed by atoms with Gasteiger partial charge in [0.1, 0.15) is 0 Å². The summed E-state index contributed by atoms with van der Waals surface area (Å²) >= 11 is 0. The summed E-state index contributed by atoms with van der Waals surface area (Å²) in [6.07, 6.45) is 12.7. The van der Waals surface area contributed by atoms with Crippen LogP contribution in [0.15, 0.2) is 66.9 Å². The molecule has 0 saturated carbocycles. The molecule has 1 aliphatic rings. The summed E-state index contributed by atoms with van der Waals surface area (Å²) in [5.74, 6) is 0.579. The molecule has 164 valence electrons. The Bertz CT molecular complexity index is 1210. The predicted molar refractivity (Wildman–Crippen MR) is 129 cm³/mol. The van der Waals surface area contributed by atoms with Crippen molar-refractivity contribution in [1.29, 1.82) is 0 Å². The first kappa shape index (κ1) is 21.9. The molecule has 2 heterocycles. The fourth-order valence-corrected chi connectivity index (χ4v) is 4.01. The van der Waals surface area contributed by atoms with Gasteiger partial charge in [0.2, 0.25) is 5.88 Å². The number of ether oxygens (including phenoxy) is 3. The maximum absolute atomic E-state index is 5.71. The monoisotopic (exact) mass is 428 g/mol. The molecule has 1 atom stereocenters. The Kier molecular flexibility index (Phi) is 6.78. The zero-order valence-corrected chi connectivity index (χ0v) is 19.0. The van der Waals surface area contributed by atoms with E-state index >= 15 is 0 Å². The minimum atomic E-state index is -0.382. The second kappa shape index (κ2) is 9.90. The second-order valence-corrected chi connectivity index (χ2v) is 7.58. The van der Waals surface area contributed by atoms with Gasteiger partial charge in [-0.2, -0.15) is 0 Å². The Labute approximate surface area is 189 Å². The highest BCUT2D eigenvalue weighted by Crippen LogP contribution is 2.37. The van der Waals surface area contributed by atoms with Crippen LogP contribution < -0.4 is 4.74 Å². The van der Waals surface area contributed by atoms with Crippen molar-refractivity contribution in [2.75, 3.05) is 20.8 Å². The molecule has 0 aliphatic heterocycles. The molecule has 1 aliphatic carbocycles. The number of hydrogen-bond donors (Lipinski definition) is 0. The lowest BCUT2D eigenvalue weighted by Gasteiger charge is -2.19. The third kappa shape index (κ3) is 4.35. The highest BCUT2D eigenvalue weighted by Gasteiger charge is 2.18. The van der Waals surface area contributed by atoms with Crippen LogP contribution in [0.5, 0.6) is 5.88 Å². The maximum Gasteiger partial charge on any atom is 0.222 e. The summed E-state index contributed by atoms with van der Waals surface area (Å²) in [5, 5.41) is 0.900. The van der Waals surface area contributed by atoms with Gasteiger partial charge in [0.05, 0.1) is 23.7 Å². The molecule has 5 heteroatoms. The third-order valence-corrected chi connectivity index (χ3v) is 5.55. The van der Waals surface area contributed by atoms with Gasteiger partial charge in [-0.25, -0.2) is 9.97 Å². The smallest absolute Gasteiger partial charge is 0.222 e. The minimum Gasteiger partial charge on any atom is -0.481 e. The Morgan fingerprint density at radius 2 is 1.91 bits per heavy atom. The third-order valence-electron chi connectivity index (χ3n) is 5.55. The molecule has 3 aromatic rings. The standard InChI is InChI=1S/C27H28N2O3/c1-5-32-27(31-4)20-12-13-21(18(2)16-20)25-22(19-10-8-6-7-9-11-19)17-23-24(29-25)14-15-28-26(23)30-3/h6-10,12-17,27H,5,11H2,1-4H3. The zero-order valence-electron chi connectivity index (χ0n) is 19.0. The van der Waals surface area contributed by atoms with Crippen molar-refractivity contribution in [3.63, 3.8) is 0 Å². The molecule has 32 heavy (non-hydrogen) atoms. The average molecular weight is 429 g/mol. The van der Waals surface area contributed by atoms with Crippen LogP contribution in [-0.4, -0.2) is 30.8 Å². The first-order chi connectivity index (χ1) is 15.7. The summed E-state index contributed by atoms with van der Waals surface area (Å²) in [5.41, 5.74) is 7.23. The molecular formula is C27H28N2O3. The van der Waals surface area contributed by atoms with E-state index < -0.39 is 0 Å². The Hall–Kier alpha value is -3.28. The van der Waals surface area contributed by atoms with Crippen LogP contribution >= 0.6 is 0 Å². The molecule has 0 radical (unpaired) electrons. The number of fused-ring (bicyclic) bond motifs is 1. The van der Waals surface area contributed by atoms with Gasteiger partial charge in [0.15, 0.2) is 6.29 Å². The van der Waals surface area contributed by atoms with Crippen LogP contribution in [0.2, 0.25) is 0 Å². The topological polar surface area (TPSA) is 53.5 Å². The molecule has 1 unspecified atom stereocenters. The summed E-state index contributed by atoms with van der Waals surface area (Å²) < 4.78 is 16.7. The largest absolute Gasteiger partial charge is 0.481 e. The molecular weight excluding hydrogens is 400 g/mol. The Morgan fingerprint density at radius 1 is 1.03 bits per heavy atom. The van der Waals surface area contributed by atoms with E-state index in [0.29, 0.717) is 12.5 Å². The van der Waals surface area contributed by atoms with Crippen LogP contribution in [0, 0.1) is 6.92 Å². The fraction of sp³-hybridized carbons (Fsp3) is 0.259. The molecule has 0 bridgehead atoms. The van der Waals surface area contributed by atoms with E-state index in [9.17, 15) is 0 Å². The predicted octanol–water partition coefficient (Wildman–Crippen LogP) is 6.19.